The zero-order valence-corrected chi connectivity index (χ0v) is 14.3. The number of hydrogen-bond donors (Lipinski definition) is 1. The molecular weight excluding hydrogens is 320 g/mol. The largest absolute Gasteiger partial charge is 0.496 e. The number of aromatic nitrogens is 1. The lowest BCUT2D eigenvalue weighted by Gasteiger charge is -2.11. The lowest BCUT2D eigenvalue weighted by Crippen LogP contribution is -2.20. The Hall–Kier alpha value is -3.15. The Morgan fingerprint density at radius 3 is 2.72 bits per heavy atom. The van der Waals surface area contributed by atoms with Crippen LogP contribution in [0, 0.1) is 13.8 Å². The van der Waals surface area contributed by atoms with Crippen molar-refractivity contribution in [3.63, 3.8) is 0 Å². The van der Waals surface area contributed by atoms with E-state index in [4.69, 9.17) is 9.15 Å². The average Bonchev–Trinajstić information content (AvgIpc) is 2.60. The van der Waals surface area contributed by atoms with Crippen LogP contribution in [0.15, 0.2) is 45.9 Å². The number of hydrogen-bond acceptors (Lipinski definition) is 5. The fourth-order valence-corrected chi connectivity index (χ4v) is 2.80. The van der Waals surface area contributed by atoms with Crippen molar-refractivity contribution in [1.29, 1.82) is 0 Å². The number of ether oxygens (including phenoxy) is 1. The molecule has 0 fully saturated rings. The Morgan fingerprint density at radius 1 is 1.24 bits per heavy atom. The van der Waals surface area contributed by atoms with Gasteiger partial charge in [-0.3, -0.25) is 9.78 Å². The number of methoxy groups -OCH3 is 1. The van der Waals surface area contributed by atoms with Crippen LogP contribution in [-0.2, 0) is 11.2 Å². The fourth-order valence-electron chi connectivity index (χ4n) is 2.80. The van der Waals surface area contributed by atoms with Gasteiger partial charge >= 0.3 is 5.63 Å². The van der Waals surface area contributed by atoms with E-state index in [0.717, 1.165) is 16.5 Å². The Morgan fingerprint density at radius 2 is 2.04 bits per heavy atom. The van der Waals surface area contributed by atoms with Gasteiger partial charge in [-0.1, -0.05) is 0 Å². The minimum Gasteiger partial charge on any atom is -0.496 e. The van der Waals surface area contributed by atoms with Crippen molar-refractivity contribution in [2.45, 2.75) is 20.3 Å². The minimum absolute atomic E-state index is 0.0654. The lowest BCUT2D eigenvalue weighted by molar-refractivity contribution is -0.115. The van der Waals surface area contributed by atoms with Crippen molar-refractivity contribution in [3.05, 3.63) is 63.8 Å². The van der Waals surface area contributed by atoms with Crippen LogP contribution >= 0.6 is 0 Å². The first-order valence-electron chi connectivity index (χ1n) is 7.81. The molecule has 1 N–H and O–H groups in total. The van der Waals surface area contributed by atoms with Crippen molar-refractivity contribution < 1.29 is 13.9 Å². The summed E-state index contributed by atoms with van der Waals surface area (Å²) in [4.78, 5) is 28.6. The first-order valence-corrected chi connectivity index (χ1v) is 7.81. The number of carbonyl (C=O) groups is 1. The molecule has 2 heterocycles. The molecule has 1 aromatic carbocycles. The number of pyridine rings is 1. The minimum atomic E-state index is -0.511. The summed E-state index contributed by atoms with van der Waals surface area (Å²) < 4.78 is 10.7. The van der Waals surface area contributed by atoms with Gasteiger partial charge in [-0.2, -0.15) is 0 Å². The molecule has 0 aliphatic rings. The number of fused-ring (bicyclic) bond motifs is 1. The molecule has 3 aromatic rings. The third-order valence-corrected chi connectivity index (χ3v) is 4.16. The van der Waals surface area contributed by atoms with Gasteiger partial charge < -0.3 is 14.5 Å². The second kappa shape index (κ2) is 6.76. The molecule has 0 aliphatic heterocycles. The Balaban J connectivity index is 1.97. The Kier molecular flexibility index (Phi) is 4.52. The van der Waals surface area contributed by atoms with Crippen LogP contribution in [0.3, 0.4) is 0 Å². The predicted octanol–water partition coefficient (Wildman–Crippen LogP) is 2.99. The van der Waals surface area contributed by atoms with Gasteiger partial charge in [0.05, 0.1) is 31.0 Å². The molecule has 0 radical (unpaired) electrons. The summed E-state index contributed by atoms with van der Waals surface area (Å²) in [6, 6.07) is 7.11. The summed E-state index contributed by atoms with van der Waals surface area (Å²) in [6.07, 6.45) is 3.10. The third-order valence-electron chi connectivity index (χ3n) is 4.16. The predicted molar refractivity (Wildman–Crippen MR) is 95.1 cm³/mol. The van der Waals surface area contributed by atoms with Crippen LogP contribution in [0.5, 0.6) is 5.75 Å². The highest BCUT2D eigenvalue weighted by Gasteiger charge is 2.17. The zero-order valence-electron chi connectivity index (χ0n) is 14.3. The first kappa shape index (κ1) is 16.7. The second-order valence-corrected chi connectivity index (χ2v) is 5.73. The van der Waals surface area contributed by atoms with Crippen molar-refractivity contribution in [2.75, 3.05) is 12.4 Å². The van der Waals surface area contributed by atoms with Crippen LogP contribution in [0.2, 0.25) is 0 Å². The molecule has 0 unspecified atom stereocenters. The quantitative estimate of drug-likeness (QED) is 0.740. The van der Waals surface area contributed by atoms with Crippen LogP contribution < -0.4 is 15.7 Å². The van der Waals surface area contributed by atoms with Gasteiger partial charge in [0, 0.05) is 17.1 Å². The van der Waals surface area contributed by atoms with E-state index in [2.05, 4.69) is 10.3 Å². The van der Waals surface area contributed by atoms with Crippen LogP contribution in [0.1, 0.15) is 16.7 Å². The third kappa shape index (κ3) is 3.24. The maximum atomic E-state index is 12.4. The first-order chi connectivity index (χ1) is 12.0. The van der Waals surface area contributed by atoms with Gasteiger partial charge in [0.2, 0.25) is 5.91 Å². The van der Waals surface area contributed by atoms with E-state index >= 15 is 0 Å². The molecule has 0 atom stereocenters. The smallest absolute Gasteiger partial charge is 0.340 e. The number of anilines is 1. The van der Waals surface area contributed by atoms with Gasteiger partial charge in [-0.05, 0) is 43.7 Å². The number of benzene rings is 1. The standard InChI is InChI=1S/C19H18N2O4/c1-11-14-6-7-16(24-3)12(2)18(14)25-19(23)15(11)9-17(22)21-13-5-4-8-20-10-13/h4-8,10H,9H2,1-3H3,(H,21,22). The molecule has 0 bridgehead atoms. The summed E-state index contributed by atoms with van der Waals surface area (Å²) in [5.74, 6) is 0.352. The summed E-state index contributed by atoms with van der Waals surface area (Å²) in [6.45, 7) is 3.65. The normalized spacial score (nSPS) is 10.7. The maximum Gasteiger partial charge on any atom is 0.340 e. The van der Waals surface area contributed by atoms with E-state index in [1.54, 1.807) is 31.6 Å². The molecule has 1 amide bonds. The number of nitrogens with zero attached hydrogens (tertiary/aromatic N) is 1. The van der Waals surface area contributed by atoms with E-state index in [-0.39, 0.29) is 12.3 Å². The van der Waals surface area contributed by atoms with Crippen molar-refractivity contribution >= 4 is 22.6 Å². The maximum absolute atomic E-state index is 12.4. The molecule has 2 aromatic heterocycles. The molecule has 0 aliphatic carbocycles. The molecular formula is C19H18N2O4. The Bertz CT molecular complexity index is 994. The summed E-state index contributed by atoms with van der Waals surface area (Å²) in [7, 11) is 1.57. The van der Waals surface area contributed by atoms with E-state index < -0.39 is 5.63 Å². The van der Waals surface area contributed by atoms with Gasteiger partial charge in [-0.25, -0.2) is 4.79 Å². The highest BCUT2D eigenvalue weighted by molar-refractivity contribution is 5.93. The lowest BCUT2D eigenvalue weighted by atomic mass is 10.0. The highest BCUT2D eigenvalue weighted by Crippen LogP contribution is 2.29. The molecule has 6 heteroatoms. The molecule has 0 saturated heterocycles. The summed E-state index contributed by atoms with van der Waals surface area (Å²) in [5.41, 5.74) is 2.39. The van der Waals surface area contributed by atoms with E-state index in [9.17, 15) is 9.59 Å². The second-order valence-electron chi connectivity index (χ2n) is 5.73. The van der Waals surface area contributed by atoms with Gasteiger partial charge in [0.1, 0.15) is 11.3 Å². The molecule has 0 spiro atoms. The highest BCUT2D eigenvalue weighted by atomic mass is 16.5. The van der Waals surface area contributed by atoms with Crippen molar-refractivity contribution in [3.8, 4) is 5.75 Å². The summed E-state index contributed by atoms with van der Waals surface area (Å²) >= 11 is 0. The van der Waals surface area contributed by atoms with Crippen LogP contribution in [0.4, 0.5) is 5.69 Å². The van der Waals surface area contributed by atoms with Gasteiger partial charge in [-0.15, -0.1) is 0 Å². The van der Waals surface area contributed by atoms with E-state index in [1.807, 2.05) is 26.0 Å². The van der Waals surface area contributed by atoms with Crippen LogP contribution in [-0.4, -0.2) is 18.0 Å². The number of carbonyl (C=O) groups excluding carboxylic acids is 1. The monoisotopic (exact) mass is 338 g/mol. The van der Waals surface area contributed by atoms with Gasteiger partial charge in [0.15, 0.2) is 0 Å². The SMILES string of the molecule is COc1ccc2c(C)c(CC(=O)Nc3cccnc3)c(=O)oc2c1C. The molecule has 3 rings (SSSR count). The number of nitrogens with one attached hydrogen (secondary N) is 1. The summed E-state index contributed by atoms with van der Waals surface area (Å²) in [5, 5.41) is 3.51. The number of amides is 1. The fraction of sp³-hybridized carbons (Fsp3) is 0.211. The van der Waals surface area contributed by atoms with Crippen LogP contribution in [0.25, 0.3) is 11.0 Å². The molecule has 128 valence electrons. The Labute approximate surface area is 144 Å². The molecule has 0 saturated carbocycles. The van der Waals surface area contributed by atoms with E-state index in [0.29, 0.717) is 22.6 Å². The number of aryl methyl sites for hydroxylation is 2. The van der Waals surface area contributed by atoms with Crippen molar-refractivity contribution in [2.24, 2.45) is 0 Å². The van der Waals surface area contributed by atoms with Crippen molar-refractivity contribution in [1.82, 2.24) is 4.98 Å². The number of rotatable bonds is 4. The average molecular weight is 338 g/mol. The molecule has 6 nitrogen and oxygen atoms in total. The molecule has 25 heavy (non-hydrogen) atoms. The van der Waals surface area contributed by atoms with E-state index in [1.165, 1.54) is 0 Å². The van der Waals surface area contributed by atoms with Gasteiger partial charge in [0.25, 0.3) is 0 Å². The topological polar surface area (TPSA) is 81.4 Å². The zero-order chi connectivity index (χ0) is 18.0.